The molecule has 0 radical (unpaired) electrons. The van der Waals surface area contributed by atoms with E-state index in [-0.39, 0.29) is 17.4 Å². The van der Waals surface area contributed by atoms with Gasteiger partial charge in [-0.05, 0) is 24.8 Å². The van der Waals surface area contributed by atoms with Gasteiger partial charge in [0.15, 0.2) is 0 Å². The molecule has 1 aromatic carbocycles. The van der Waals surface area contributed by atoms with E-state index in [1.54, 1.807) is 6.33 Å². The second-order valence-electron chi connectivity index (χ2n) is 7.25. The molecule has 0 bridgehead atoms. The van der Waals surface area contributed by atoms with Gasteiger partial charge in [0.1, 0.15) is 12.2 Å². The number of amides is 1. The van der Waals surface area contributed by atoms with Crippen LogP contribution in [0.15, 0.2) is 36.7 Å². The van der Waals surface area contributed by atoms with E-state index in [2.05, 4.69) is 45.0 Å². The third-order valence-electron chi connectivity index (χ3n) is 5.68. The van der Waals surface area contributed by atoms with Gasteiger partial charge in [-0.1, -0.05) is 36.8 Å². The van der Waals surface area contributed by atoms with Gasteiger partial charge in [-0.15, -0.1) is 0 Å². The smallest absolute Gasteiger partial charge is 0.233 e. The summed E-state index contributed by atoms with van der Waals surface area (Å²) < 4.78 is 1.93. The fourth-order valence-corrected chi connectivity index (χ4v) is 3.93. The fourth-order valence-electron chi connectivity index (χ4n) is 3.93. The van der Waals surface area contributed by atoms with Crippen LogP contribution in [0.1, 0.15) is 37.1 Å². The molecule has 132 valence electrons. The summed E-state index contributed by atoms with van der Waals surface area (Å²) >= 11 is 0. The van der Waals surface area contributed by atoms with Gasteiger partial charge >= 0.3 is 0 Å². The third-order valence-corrected chi connectivity index (χ3v) is 5.68. The number of fused-ring (bicyclic) bond motifs is 1. The van der Waals surface area contributed by atoms with Crippen LogP contribution in [0.5, 0.6) is 0 Å². The average molecular weight is 339 g/mol. The second-order valence-corrected chi connectivity index (χ2v) is 7.25. The fraction of sp³-hybridized carbons (Fsp3) is 0.526. The zero-order valence-electron chi connectivity index (χ0n) is 14.4. The minimum absolute atomic E-state index is 0.0755. The molecule has 1 fully saturated rings. The Kier molecular flexibility index (Phi) is 4.53. The highest BCUT2D eigenvalue weighted by molar-refractivity contribution is 5.78. The minimum Gasteiger partial charge on any atom is -0.354 e. The van der Waals surface area contributed by atoms with E-state index in [0.29, 0.717) is 6.54 Å². The topological polar surface area (TPSA) is 71.8 Å². The highest BCUT2D eigenvalue weighted by atomic mass is 16.1. The van der Waals surface area contributed by atoms with Gasteiger partial charge < -0.3 is 10.6 Å². The van der Waals surface area contributed by atoms with Gasteiger partial charge in [0.2, 0.25) is 5.91 Å². The molecular weight excluding hydrogens is 314 g/mol. The Balaban J connectivity index is 1.26. The number of aromatic nitrogens is 3. The molecule has 1 saturated carbocycles. The molecule has 0 saturated heterocycles. The maximum atomic E-state index is 12.3. The lowest BCUT2D eigenvalue weighted by Crippen LogP contribution is -2.49. The molecule has 2 N–H and O–H groups in total. The van der Waals surface area contributed by atoms with Crippen molar-refractivity contribution in [2.24, 2.45) is 0 Å². The zero-order valence-corrected chi connectivity index (χ0v) is 14.4. The van der Waals surface area contributed by atoms with Crippen molar-refractivity contribution >= 4 is 5.91 Å². The minimum atomic E-state index is 0.0755. The molecule has 1 aliphatic carbocycles. The van der Waals surface area contributed by atoms with E-state index in [0.717, 1.165) is 44.6 Å². The number of hydrogen-bond donors (Lipinski definition) is 2. The molecule has 2 heterocycles. The average Bonchev–Trinajstić information content (AvgIpc) is 3.08. The molecule has 6 heteroatoms. The first kappa shape index (κ1) is 16.3. The molecule has 1 amide bonds. The van der Waals surface area contributed by atoms with Crippen molar-refractivity contribution in [3.05, 3.63) is 48.0 Å². The van der Waals surface area contributed by atoms with Crippen LogP contribution < -0.4 is 10.6 Å². The summed E-state index contributed by atoms with van der Waals surface area (Å²) in [6.45, 7) is 1.88. The molecule has 0 unspecified atom stereocenters. The Morgan fingerprint density at radius 1 is 1.28 bits per heavy atom. The van der Waals surface area contributed by atoms with Crippen molar-refractivity contribution in [3.8, 4) is 0 Å². The number of nitrogens with one attached hydrogen (secondary N) is 2. The van der Waals surface area contributed by atoms with E-state index < -0.39 is 0 Å². The van der Waals surface area contributed by atoms with E-state index in [1.165, 1.54) is 12.0 Å². The molecule has 2 aromatic rings. The van der Waals surface area contributed by atoms with E-state index in [1.807, 2.05) is 10.7 Å². The first-order chi connectivity index (χ1) is 12.3. The Bertz CT molecular complexity index is 722. The van der Waals surface area contributed by atoms with Crippen molar-refractivity contribution in [2.75, 3.05) is 13.1 Å². The predicted octanol–water partition coefficient (Wildman–Crippen LogP) is 1.42. The van der Waals surface area contributed by atoms with Crippen LogP contribution in [-0.2, 0) is 23.2 Å². The summed E-state index contributed by atoms with van der Waals surface area (Å²) in [6, 6.07) is 10.9. The molecule has 1 aliphatic heterocycles. The molecule has 0 spiro atoms. The summed E-state index contributed by atoms with van der Waals surface area (Å²) in [5, 5.41) is 10.7. The van der Waals surface area contributed by atoms with Gasteiger partial charge in [-0.3, -0.25) is 4.79 Å². The summed E-state index contributed by atoms with van der Waals surface area (Å²) in [5.41, 5.74) is 1.48. The van der Waals surface area contributed by atoms with Gasteiger partial charge in [0, 0.05) is 24.4 Å². The van der Waals surface area contributed by atoms with Crippen molar-refractivity contribution in [1.82, 2.24) is 25.4 Å². The largest absolute Gasteiger partial charge is 0.354 e. The van der Waals surface area contributed by atoms with E-state index in [4.69, 9.17) is 0 Å². The van der Waals surface area contributed by atoms with E-state index in [9.17, 15) is 4.79 Å². The van der Waals surface area contributed by atoms with Gasteiger partial charge in [0.05, 0.1) is 13.1 Å². The van der Waals surface area contributed by atoms with Crippen LogP contribution in [0, 0.1) is 0 Å². The van der Waals surface area contributed by atoms with Crippen LogP contribution in [0.2, 0.25) is 0 Å². The van der Waals surface area contributed by atoms with Crippen molar-refractivity contribution in [1.29, 1.82) is 0 Å². The molecule has 25 heavy (non-hydrogen) atoms. The van der Waals surface area contributed by atoms with Gasteiger partial charge in [0.25, 0.3) is 0 Å². The van der Waals surface area contributed by atoms with E-state index >= 15 is 0 Å². The summed E-state index contributed by atoms with van der Waals surface area (Å²) in [7, 11) is 0. The molecule has 6 nitrogen and oxygen atoms in total. The third kappa shape index (κ3) is 3.44. The Labute approximate surface area is 148 Å². The van der Waals surface area contributed by atoms with Crippen molar-refractivity contribution in [3.63, 3.8) is 0 Å². The number of nitrogens with zero attached hydrogens (tertiary/aromatic N) is 3. The summed E-state index contributed by atoms with van der Waals surface area (Å²) in [5.74, 6) is 1.11. The molecule has 1 atom stereocenters. The first-order valence-corrected chi connectivity index (χ1v) is 9.17. The summed E-state index contributed by atoms with van der Waals surface area (Å²) in [4.78, 5) is 16.5. The number of benzene rings is 1. The number of aryl methyl sites for hydroxylation is 1. The molecule has 2 aliphatic rings. The Morgan fingerprint density at radius 2 is 2.12 bits per heavy atom. The maximum absolute atomic E-state index is 12.3. The molecule has 4 rings (SSSR count). The lowest BCUT2D eigenvalue weighted by Gasteiger charge is -2.42. The van der Waals surface area contributed by atoms with Crippen LogP contribution in [-0.4, -0.2) is 39.8 Å². The highest BCUT2D eigenvalue weighted by Crippen LogP contribution is 2.43. The lowest BCUT2D eigenvalue weighted by molar-refractivity contribution is -0.120. The standard InChI is InChI=1S/C19H25N5O/c25-18(11-20-16-7-8-17-22-14-23-24(17)12-16)21-13-19(9-4-10-19)15-5-2-1-3-6-15/h1-3,5-6,14,16,20H,4,7-13H2,(H,21,25)/t16-/m1/s1. The number of hydrogen-bond acceptors (Lipinski definition) is 4. The van der Waals surface area contributed by atoms with Crippen LogP contribution in [0.25, 0.3) is 0 Å². The quantitative estimate of drug-likeness (QED) is 0.835. The molecule has 1 aromatic heterocycles. The first-order valence-electron chi connectivity index (χ1n) is 9.17. The number of rotatable bonds is 6. The highest BCUT2D eigenvalue weighted by Gasteiger charge is 2.38. The summed E-state index contributed by atoms with van der Waals surface area (Å²) in [6.07, 6.45) is 7.07. The second kappa shape index (κ2) is 6.96. The Morgan fingerprint density at radius 3 is 2.88 bits per heavy atom. The van der Waals surface area contributed by atoms with Crippen LogP contribution >= 0.6 is 0 Å². The SMILES string of the molecule is O=C(CN[C@@H]1CCc2ncnn2C1)NCC1(c2ccccc2)CCC1. The van der Waals surface area contributed by atoms with Crippen LogP contribution in [0.3, 0.4) is 0 Å². The van der Waals surface area contributed by atoms with Crippen LogP contribution in [0.4, 0.5) is 0 Å². The maximum Gasteiger partial charge on any atom is 0.233 e. The molecular formula is C19H25N5O. The monoisotopic (exact) mass is 339 g/mol. The zero-order chi connectivity index (χ0) is 17.1. The van der Waals surface area contributed by atoms with Gasteiger partial charge in [-0.2, -0.15) is 5.10 Å². The van der Waals surface area contributed by atoms with Gasteiger partial charge in [-0.25, -0.2) is 9.67 Å². The number of carbonyl (C=O) groups is 1. The number of carbonyl (C=O) groups excluding carboxylic acids is 1. The van der Waals surface area contributed by atoms with Crippen molar-refractivity contribution < 1.29 is 4.79 Å². The normalized spacial score (nSPS) is 21.2. The van der Waals surface area contributed by atoms with Crippen molar-refractivity contribution in [2.45, 2.75) is 50.1 Å². The lowest BCUT2D eigenvalue weighted by atomic mass is 9.64. The predicted molar refractivity (Wildman–Crippen MR) is 95.1 cm³/mol. The Hall–Kier alpha value is -2.21.